The van der Waals surface area contributed by atoms with Crippen LogP contribution in [0.3, 0.4) is 0 Å². The van der Waals surface area contributed by atoms with Gasteiger partial charge in [0.2, 0.25) is 17.8 Å². The number of benzene rings is 3. The Morgan fingerprint density at radius 3 is 2.73 bits per heavy atom. The quantitative estimate of drug-likeness (QED) is 0.0952. The van der Waals surface area contributed by atoms with Crippen molar-refractivity contribution < 1.29 is 19.2 Å². The predicted molar refractivity (Wildman–Crippen MR) is 170 cm³/mol. The number of imide groups is 1. The van der Waals surface area contributed by atoms with Gasteiger partial charge in [0.25, 0.3) is 5.69 Å². The third-order valence-corrected chi connectivity index (χ3v) is 7.58. The number of carbonyl (C=O) groups is 2. The molecule has 2 aromatic heterocycles. The number of piperidine rings is 1. The number of anilines is 4. The first kappa shape index (κ1) is 29.1. The van der Waals surface area contributed by atoms with Crippen LogP contribution in [0.2, 0.25) is 0 Å². The number of aromatic nitrogens is 3. The minimum absolute atomic E-state index is 0.165. The van der Waals surface area contributed by atoms with E-state index in [-0.39, 0.29) is 42.1 Å². The van der Waals surface area contributed by atoms with Crippen molar-refractivity contribution in [1.82, 2.24) is 19.9 Å². The normalized spacial score (nSPS) is 14.6. The third kappa shape index (κ3) is 6.22. The number of nitrogens with one attached hydrogen (secondary N) is 4. The maximum Gasteiger partial charge on any atom is 0.294 e. The average Bonchev–Trinajstić information content (AvgIpc) is 3.38. The maximum absolute atomic E-state index is 12.1. The van der Waals surface area contributed by atoms with E-state index < -0.39 is 11.0 Å². The molecule has 0 aliphatic carbocycles. The second-order valence-corrected chi connectivity index (χ2v) is 10.6. The Balaban J connectivity index is 1.21. The van der Waals surface area contributed by atoms with Gasteiger partial charge < -0.3 is 25.3 Å². The van der Waals surface area contributed by atoms with E-state index in [1.807, 2.05) is 72.4 Å². The van der Waals surface area contributed by atoms with Gasteiger partial charge in [-0.25, -0.2) is 9.97 Å². The summed E-state index contributed by atoms with van der Waals surface area (Å²) in [5.74, 6) is -0.0299. The summed E-state index contributed by atoms with van der Waals surface area (Å²) in [5.41, 5.74) is 4.65. The Bertz CT molecular complexity index is 1940. The molecule has 0 bridgehead atoms. The standard InChI is InChI=1S/C32H30N8O5/c1-39-18-22(21-8-3-4-9-27(21)39)23-12-13-33-32(36-23)37-26-15-28(40(43)44)25(16-29(26)45-2)34-17-19-6-5-7-20(14-19)35-24-10-11-30(41)38-31(24)42/h3-9,12-16,18,24,34-35H,10-11,17H2,1-2H3,(H,33,36,37)(H,38,41,42). The summed E-state index contributed by atoms with van der Waals surface area (Å²) in [5, 5.41) is 24.9. The van der Waals surface area contributed by atoms with E-state index in [9.17, 15) is 19.7 Å². The summed E-state index contributed by atoms with van der Waals surface area (Å²) < 4.78 is 7.62. The molecule has 6 rings (SSSR count). The number of para-hydroxylation sites is 1. The van der Waals surface area contributed by atoms with Gasteiger partial charge in [0.15, 0.2) is 0 Å². The lowest BCUT2D eigenvalue weighted by molar-refractivity contribution is -0.383. The Morgan fingerprint density at radius 2 is 1.93 bits per heavy atom. The lowest BCUT2D eigenvalue weighted by atomic mass is 10.1. The van der Waals surface area contributed by atoms with E-state index in [0.717, 1.165) is 22.0 Å². The van der Waals surface area contributed by atoms with Gasteiger partial charge in [-0.05, 0) is 36.2 Å². The molecule has 3 aromatic carbocycles. The first-order chi connectivity index (χ1) is 21.8. The topological polar surface area (TPSA) is 165 Å². The van der Waals surface area contributed by atoms with Gasteiger partial charge in [-0.15, -0.1) is 0 Å². The first-order valence-electron chi connectivity index (χ1n) is 14.2. The summed E-state index contributed by atoms with van der Waals surface area (Å²) in [6.07, 6.45) is 4.30. The Hall–Kier alpha value is -5.98. The largest absolute Gasteiger partial charge is 0.494 e. The van der Waals surface area contributed by atoms with Crippen molar-refractivity contribution in [3.63, 3.8) is 0 Å². The van der Waals surface area contributed by atoms with Gasteiger partial charge in [0.05, 0.1) is 23.4 Å². The number of nitrogens with zero attached hydrogens (tertiary/aromatic N) is 4. The molecule has 4 N–H and O–H groups in total. The Morgan fingerprint density at radius 1 is 1.09 bits per heavy atom. The summed E-state index contributed by atoms with van der Waals surface area (Å²) >= 11 is 0. The molecule has 13 nitrogen and oxygen atoms in total. The third-order valence-electron chi connectivity index (χ3n) is 7.58. The van der Waals surface area contributed by atoms with Crippen LogP contribution in [-0.2, 0) is 23.2 Å². The van der Waals surface area contributed by atoms with Gasteiger partial charge in [-0.3, -0.25) is 25.0 Å². The highest BCUT2D eigenvalue weighted by Gasteiger charge is 2.26. The predicted octanol–water partition coefficient (Wildman–Crippen LogP) is 5.12. The summed E-state index contributed by atoms with van der Waals surface area (Å²) in [4.78, 5) is 44.3. The van der Waals surface area contributed by atoms with E-state index in [2.05, 4.69) is 31.2 Å². The molecule has 0 radical (unpaired) electrons. The Labute approximate surface area is 257 Å². The number of hydrogen-bond acceptors (Lipinski definition) is 10. The lowest BCUT2D eigenvalue weighted by Gasteiger charge is -2.23. The first-order valence-corrected chi connectivity index (χ1v) is 14.2. The van der Waals surface area contributed by atoms with Crippen LogP contribution in [-0.4, -0.2) is 44.4 Å². The number of carbonyl (C=O) groups excluding carboxylic acids is 2. The molecule has 0 saturated carbocycles. The van der Waals surface area contributed by atoms with E-state index in [1.54, 1.807) is 12.3 Å². The maximum atomic E-state index is 12.1. The van der Waals surface area contributed by atoms with Crippen molar-refractivity contribution in [3.8, 4) is 17.0 Å². The molecule has 3 heterocycles. The summed E-state index contributed by atoms with van der Waals surface area (Å²) in [6, 6.07) is 19.6. The van der Waals surface area contributed by atoms with Crippen LogP contribution < -0.4 is 26.0 Å². The fourth-order valence-electron chi connectivity index (χ4n) is 5.36. The lowest BCUT2D eigenvalue weighted by Crippen LogP contribution is -2.47. The number of nitro benzene ring substituents is 1. The number of hydrogen-bond donors (Lipinski definition) is 4. The summed E-state index contributed by atoms with van der Waals surface area (Å²) in [6.45, 7) is 0.262. The number of rotatable bonds is 10. The van der Waals surface area contributed by atoms with Gasteiger partial charge >= 0.3 is 0 Å². The summed E-state index contributed by atoms with van der Waals surface area (Å²) in [7, 11) is 3.45. The molecule has 1 atom stereocenters. The van der Waals surface area contributed by atoms with Crippen LogP contribution in [0.1, 0.15) is 18.4 Å². The molecule has 5 aromatic rings. The van der Waals surface area contributed by atoms with E-state index >= 15 is 0 Å². The molecular formula is C32H30N8O5. The van der Waals surface area contributed by atoms with E-state index in [1.165, 1.54) is 13.2 Å². The zero-order chi connectivity index (χ0) is 31.5. The molecule has 1 unspecified atom stereocenters. The smallest absolute Gasteiger partial charge is 0.294 e. The van der Waals surface area contributed by atoms with Crippen molar-refractivity contribution in [2.75, 3.05) is 23.1 Å². The molecule has 45 heavy (non-hydrogen) atoms. The second-order valence-electron chi connectivity index (χ2n) is 10.6. The number of fused-ring (bicyclic) bond motifs is 1. The number of methoxy groups -OCH3 is 1. The van der Waals surface area contributed by atoms with Crippen LogP contribution in [0.25, 0.3) is 22.2 Å². The van der Waals surface area contributed by atoms with Gasteiger partial charge in [0.1, 0.15) is 17.5 Å². The molecule has 1 aliphatic heterocycles. The molecule has 13 heteroatoms. The van der Waals surface area contributed by atoms with Crippen LogP contribution in [0.4, 0.5) is 28.7 Å². The van der Waals surface area contributed by atoms with Crippen LogP contribution in [0.15, 0.2) is 79.1 Å². The van der Waals surface area contributed by atoms with Crippen molar-refractivity contribution in [1.29, 1.82) is 0 Å². The molecule has 2 amide bonds. The highest BCUT2D eigenvalue weighted by Crippen LogP contribution is 2.38. The number of ether oxygens (including phenoxy) is 1. The van der Waals surface area contributed by atoms with Gasteiger partial charge in [-0.1, -0.05) is 30.3 Å². The fourth-order valence-corrected chi connectivity index (χ4v) is 5.36. The molecule has 228 valence electrons. The van der Waals surface area contributed by atoms with E-state index in [4.69, 9.17) is 4.74 Å². The molecule has 1 aliphatic rings. The minimum atomic E-state index is -0.520. The molecular weight excluding hydrogens is 576 g/mol. The minimum Gasteiger partial charge on any atom is -0.494 e. The number of amides is 2. The van der Waals surface area contributed by atoms with Crippen LogP contribution in [0.5, 0.6) is 5.75 Å². The monoisotopic (exact) mass is 606 g/mol. The van der Waals surface area contributed by atoms with Gasteiger partial charge in [0, 0.05) is 66.7 Å². The van der Waals surface area contributed by atoms with Crippen LogP contribution in [0, 0.1) is 10.1 Å². The molecule has 1 saturated heterocycles. The SMILES string of the molecule is COc1cc(NCc2cccc(NC3CCC(=O)NC3=O)c2)c([N+](=O)[O-])cc1Nc1nccc(-c2cn(C)c3ccccc23)n1. The number of aryl methyl sites for hydroxylation is 1. The molecule has 1 fully saturated rings. The molecule has 0 spiro atoms. The highest BCUT2D eigenvalue weighted by molar-refractivity contribution is 6.01. The van der Waals surface area contributed by atoms with Gasteiger partial charge in [-0.2, -0.15) is 0 Å². The zero-order valence-electron chi connectivity index (χ0n) is 24.5. The second kappa shape index (κ2) is 12.3. The van der Waals surface area contributed by atoms with Crippen molar-refractivity contribution in [3.05, 3.63) is 94.8 Å². The number of nitro groups is 1. The van der Waals surface area contributed by atoms with Crippen molar-refractivity contribution >= 4 is 51.4 Å². The Kier molecular flexibility index (Phi) is 7.97. The van der Waals surface area contributed by atoms with Crippen LogP contribution >= 0.6 is 0 Å². The fraction of sp³-hybridized carbons (Fsp3) is 0.188. The highest BCUT2D eigenvalue weighted by atomic mass is 16.6. The van der Waals surface area contributed by atoms with Crippen molar-refractivity contribution in [2.24, 2.45) is 7.05 Å². The van der Waals surface area contributed by atoms with E-state index in [0.29, 0.717) is 29.2 Å². The zero-order valence-corrected chi connectivity index (χ0v) is 24.5. The average molecular weight is 607 g/mol. The van der Waals surface area contributed by atoms with Crippen molar-refractivity contribution in [2.45, 2.75) is 25.4 Å².